The first-order valence-electron chi connectivity index (χ1n) is 15.0. The van der Waals surface area contributed by atoms with Crippen LogP contribution in [0.15, 0.2) is 52.3 Å². The average molecular weight is 652 g/mol. The first-order valence-corrected chi connectivity index (χ1v) is 16.7. The number of morpholine rings is 1. The number of ether oxygens (including phenoxy) is 3. The number of rotatable bonds is 6. The molecule has 4 fully saturated rings. The molecule has 1 N–H and O–H groups in total. The van der Waals surface area contributed by atoms with Crippen LogP contribution >= 0.6 is 23.1 Å². The van der Waals surface area contributed by atoms with Crippen molar-refractivity contribution in [3.8, 4) is 11.5 Å². The van der Waals surface area contributed by atoms with Crippen molar-refractivity contribution in [1.29, 1.82) is 0 Å². The number of aromatic amines is 1. The van der Waals surface area contributed by atoms with E-state index in [0.717, 1.165) is 21.9 Å². The normalized spacial score (nSPS) is 29.9. The Bertz CT molecular complexity index is 1750. The Hall–Kier alpha value is -3.68. The second kappa shape index (κ2) is 11.0. The molecular weight excluding hydrogens is 621 g/mol. The highest BCUT2D eigenvalue weighted by Gasteiger charge is 2.69. The summed E-state index contributed by atoms with van der Waals surface area (Å²) >= 11 is 2.80. The largest absolute Gasteiger partial charge is 0.493 e. The lowest BCUT2D eigenvalue weighted by Crippen LogP contribution is -2.43. The smallest absolute Gasteiger partial charge is 0.305 e. The number of fused-ring (bicyclic) bond motifs is 9. The lowest BCUT2D eigenvalue weighted by atomic mass is 9.68. The summed E-state index contributed by atoms with van der Waals surface area (Å²) in [7, 11) is 1.55. The molecule has 234 valence electrons. The van der Waals surface area contributed by atoms with Crippen molar-refractivity contribution in [3.05, 3.63) is 68.4 Å². The molecule has 2 aliphatic carbocycles. The van der Waals surface area contributed by atoms with Gasteiger partial charge in [-0.2, -0.15) is 0 Å². The third-order valence-corrected chi connectivity index (χ3v) is 12.7. The van der Waals surface area contributed by atoms with Crippen molar-refractivity contribution < 1.29 is 33.0 Å². The molecule has 10 nitrogen and oxygen atoms in total. The quantitative estimate of drug-likeness (QED) is 0.403. The Labute approximate surface area is 265 Å². The van der Waals surface area contributed by atoms with E-state index in [1.807, 2.05) is 12.1 Å². The molecule has 3 aliphatic heterocycles. The van der Waals surface area contributed by atoms with E-state index < -0.39 is 17.7 Å². The maximum absolute atomic E-state index is 13.9. The minimum Gasteiger partial charge on any atom is -0.493 e. The van der Waals surface area contributed by atoms with E-state index >= 15 is 0 Å². The van der Waals surface area contributed by atoms with Crippen molar-refractivity contribution in [1.82, 2.24) is 9.88 Å². The van der Waals surface area contributed by atoms with Crippen molar-refractivity contribution in [3.63, 3.8) is 0 Å². The fraction of sp³-hybridized carbons (Fsp3) is 0.438. The number of halogens is 1. The fourth-order valence-corrected chi connectivity index (χ4v) is 11.2. The minimum atomic E-state index is -0.468. The average Bonchev–Trinajstić information content (AvgIpc) is 3.79. The van der Waals surface area contributed by atoms with E-state index in [1.54, 1.807) is 29.8 Å². The summed E-state index contributed by atoms with van der Waals surface area (Å²) in [6.45, 7) is 1.94. The third kappa shape index (κ3) is 4.53. The molecule has 3 amide bonds. The van der Waals surface area contributed by atoms with Gasteiger partial charge < -0.3 is 24.1 Å². The Morgan fingerprint density at radius 3 is 2.49 bits per heavy atom. The number of nitrogens with one attached hydrogen (secondary N) is 1. The van der Waals surface area contributed by atoms with E-state index in [4.69, 9.17) is 14.2 Å². The number of imide groups is 1. The molecule has 3 aromatic rings. The fourth-order valence-electron chi connectivity index (χ4n) is 8.28. The molecule has 5 aliphatic rings. The number of H-pyrrole nitrogens is 1. The molecule has 4 heterocycles. The number of amides is 3. The highest BCUT2D eigenvalue weighted by atomic mass is 32.2. The van der Waals surface area contributed by atoms with Crippen LogP contribution in [-0.4, -0.2) is 72.9 Å². The molecule has 13 heteroatoms. The van der Waals surface area contributed by atoms with Gasteiger partial charge in [-0.25, -0.2) is 4.39 Å². The van der Waals surface area contributed by atoms with Gasteiger partial charge in [-0.15, -0.1) is 11.8 Å². The molecule has 2 saturated carbocycles. The molecule has 8 rings (SSSR count). The van der Waals surface area contributed by atoms with E-state index in [-0.39, 0.29) is 58.1 Å². The number of hydrogen-bond donors (Lipinski definition) is 1. The molecule has 0 spiro atoms. The standard InChI is InChI=1S/C32H30FN3O7S2/c1-41-21-12-15(2-7-20(21)43-14-22(37)35-8-10-42-11-9-35)23-24-18-13-19(27(24)44-29-28(23)45-32(40)34-29)26-25(18)30(38)36(31(26)39)17-5-3-16(33)4-6-17/h2-7,12,18-19,23-27H,8-11,13-14H2,1H3,(H,34,40)/t18?,19?,23-,24?,25?,26?,27?/m1/s1. The van der Waals surface area contributed by atoms with Gasteiger partial charge in [-0.3, -0.25) is 24.1 Å². The summed E-state index contributed by atoms with van der Waals surface area (Å²) in [5, 5.41) is 0.833. The lowest BCUT2D eigenvalue weighted by Gasteiger charge is -2.43. The number of methoxy groups -OCH3 is 1. The summed E-state index contributed by atoms with van der Waals surface area (Å²) in [5.41, 5.74) is 1.31. The molecule has 45 heavy (non-hydrogen) atoms. The van der Waals surface area contributed by atoms with Crippen LogP contribution in [0.2, 0.25) is 0 Å². The highest BCUT2D eigenvalue weighted by Crippen LogP contribution is 2.68. The van der Waals surface area contributed by atoms with Crippen molar-refractivity contribution >= 4 is 46.5 Å². The van der Waals surface area contributed by atoms with Gasteiger partial charge in [-0.05, 0) is 66.1 Å². The number of carbonyl (C=O) groups is 3. The first kappa shape index (κ1) is 28.8. The number of aromatic nitrogens is 1. The van der Waals surface area contributed by atoms with Crippen LogP contribution in [0, 0.1) is 35.4 Å². The molecule has 2 saturated heterocycles. The SMILES string of the molecule is COc1cc([C@H]2c3sc(=O)[nH]c3SC3C4CC(C5C(=O)N(c6ccc(F)cc6)C(=O)C45)C32)ccc1OCC(=O)N1CCOCC1. The number of anilines is 1. The third-order valence-electron chi connectivity index (χ3n) is 10.1. The van der Waals surface area contributed by atoms with Crippen LogP contribution in [0.4, 0.5) is 10.1 Å². The number of thiazole rings is 1. The Morgan fingerprint density at radius 1 is 1.02 bits per heavy atom. The zero-order valence-electron chi connectivity index (χ0n) is 24.3. The molecule has 2 aromatic carbocycles. The topological polar surface area (TPSA) is 118 Å². The van der Waals surface area contributed by atoms with Crippen LogP contribution in [0.1, 0.15) is 22.8 Å². The van der Waals surface area contributed by atoms with Gasteiger partial charge in [0.1, 0.15) is 5.82 Å². The van der Waals surface area contributed by atoms with Gasteiger partial charge in [0, 0.05) is 29.1 Å². The maximum Gasteiger partial charge on any atom is 0.305 e. The molecular formula is C32H30FN3O7S2. The summed E-state index contributed by atoms with van der Waals surface area (Å²) in [6, 6.07) is 11.1. The van der Waals surface area contributed by atoms with Crippen molar-refractivity contribution in [2.45, 2.75) is 22.6 Å². The maximum atomic E-state index is 13.9. The van der Waals surface area contributed by atoms with Crippen LogP contribution in [-0.2, 0) is 19.1 Å². The van der Waals surface area contributed by atoms with Crippen molar-refractivity contribution in [2.75, 3.05) is 44.9 Å². The van der Waals surface area contributed by atoms with E-state index in [2.05, 4.69) is 4.98 Å². The van der Waals surface area contributed by atoms with Gasteiger partial charge in [0.05, 0.1) is 42.9 Å². The molecule has 0 radical (unpaired) electrons. The minimum absolute atomic E-state index is 0.00416. The van der Waals surface area contributed by atoms with Gasteiger partial charge in [0.25, 0.3) is 5.91 Å². The second-order valence-corrected chi connectivity index (χ2v) is 14.3. The van der Waals surface area contributed by atoms with E-state index in [0.29, 0.717) is 43.5 Å². The zero-order valence-corrected chi connectivity index (χ0v) is 25.9. The van der Waals surface area contributed by atoms with Crippen LogP contribution in [0.5, 0.6) is 11.5 Å². The predicted molar refractivity (Wildman–Crippen MR) is 163 cm³/mol. The van der Waals surface area contributed by atoms with Crippen LogP contribution in [0.25, 0.3) is 0 Å². The molecule has 6 unspecified atom stereocenters. The summed E-state index contributed by atoms with van der Waals surface area (Å²) in [4.78, 5) is 59.7. The Kier molecular flexibility index (Phi) is 7.03. The van der Waals surface area contributed by atoms with Gasteiger partial charge in [0.2, 0.25) is 11.8 Å². The molecule has 7 atom stereocenters. The molecule has 1 aromatic heterocycles. The van der Waals surface area contributed by atoms with Gasteiger partial charge in [-0.1, -0.05) is 17.4 Å². The zero-order chi connectivity index (χ0) is 31.0. The Morgan fingerprint density at radius 2 is 1.76 bits per heavy atom. The van der Waals surface area contributed by atoms with E-state index in [1.165, 1.54) is 40.5 Å². The lowest BCUT2D eigenvalue weighted by molar-refractivity contribution is -0.137. The summed E-state index contributed by atoms with van der Waals surface area (Å²) in [5.74, 6) is -1.31. The second-order valence-electron chi connectivity index (χ2n) is 12.1. The van der Waals surface area contributed by atoms with Gasteiger partial charge in [0.15, 0.2) is 18.1 Å². The van der Waals surface area contributed by atoms with Crippen molar-refractivity contribution in [2.24, 2.45) is 29.6 Å². The first-order chi connectivity index (χ1) is 21.8. The Balaban J connectivity index is 1.11. The van der Waals surface area contributed by atoms with Gasteiger partial charge >= 0.3 is 4.87 Å². The summed E-state index contributed by atoms with van der Waals surface area (Å²) < 4.78 is 30.6. The van der Waals surface area contributed by atoms with E-state index in [9.17, 15) is 23.6 Å². The molecule has 2 bridgehead atoms. The predicted octanol–water partition coefficient (Wildman–Crippen LogP) is 3.50. The van der Waals surface area contributed by atoms with Crippen LogP contribution < -0.4 is 19.2 Å². The van der Waals surface area contributed by atoms with Crippen LogP contribution in [0.3, 0.4) is 0 Å². The number of hydrogen-bond acceptors (Lipinski definition) is 9. The number of thioether (sulfide) groups is 1. The highest BCUT2D eigenvalue weighted by molar-refractivity contribution is 8.00. The number of nitrogens with zero attached hydrogens (tertiary/aromatic N) is 2. The summed E-state index contributed by atoms with van der Waals surface area (Å²) in [6.07, 6.45) is 0.754. The number of carbonyl (C=O) groups excluding carboxylic acids is 3. The monoisotopic (exact) mass is 651 g/mol. The number of benzene rings is 2.